The van der Waals surface area contributed by atoms with Gasteiger partial charge in [-0.3, -0.25) is 9.36 Å². The summed E-state index contributed by atoms with van der Waals surface area (Å²) in [5.41, 5.74) is 1.04. The molecule has 6 heteroatoms. The van der Waals surface area contributed by atoms with Crippen molar-refractivity contribution in [3.8, 4) is 0 Å². The Morgan fingerprint density at radius 2 is 2.24 bits per heavy atom. The van der Waals surface area contributed by atoms with Crippen molar-refractivity contribution in [1.29, 1.82) is 0 Å². The molecule has 0 saturated carbocycles. The molecular weight excluding hydrogens is 216 g/mol. The minimum Gasteiger partial charge on any atom is -0.309 e. The Balaban J connectivity index is 1.97. The summed E-state index contributed by atoms with van der Waals surface area (Å²) in [6.07, 6.45) is 3.52. The zero-order valence-corrected chi connectivity index (χ0v) is 10.5. The zero-order valence-electron chi connectivity index (χ0n) is 10.5. The molecule has 0 aliphatic rings. The summed E-state index contributed by atoms with van der Waals surface area (Å²) in [6, 6.07) is 2.49. The Labute approximate surface area is 101 Å². The lowest BCUT2D eigenvalue weighted by atomic mass is 10.3. The standard InChI is InChI=1S/C11H18N6/c1-9(2)12-6-10-4-5-17(15-10)7-11-13-8-14-16(11)3/h4-5,8-9,12H,6-7H2,1-3H3. The number of hydrogen-bond acceptors (Lipinski definition) is 4. The normalized spacial score (nSPS) is 11.3. The van der Waals surface area contributed by atoms with Crippen LogP contribution in [0.25, 0.3) is 0 Å². The number of aromatic nitrogens is 5. The minimum absolute atomic E-state index is 0.471. The van der Waals surface area contributed by atoms with E-state index >= 15 is 0 Å². The van der Waals surface area contributed by atoms with E-state index in [9.17, 15) is 0 Å². The lowest BCUT2D eigenvalue weighted by Gasteiger charge is -2.05. The molecule has 2 aromatic heterocycles. The van der Waals surface area contributed by atoms with Crippen LogP contribution in [0, 0.1) is 0 Å². The molecule has 17 heavy (non-hydrogen) atoms. The van der Waals surface area contributed by atoms with Gasteiger partial charge in [-0.2, -0.15) is 10.2 Å². The molecule has 2 rings (SSSR count). The van der Waals surface area contributed by atoms with Crippen molar-refractivity contribution in [1.82, 2.24) is 29.9 Å². The third-order valence-electron chi connectivity index (χ3n) is 2.50. The van der Waals surface area contributed by atoms with Gasteiger partial charge < -0.3 is 5.32 Å². The fraction of sp³-hybridized carbons (Fsp3) is 0.545. The minimum atomic E-state index is 0.471. The van der Waals surface area contributed by atoms with Gasteiger partial charge in [-0.25, -0.2) is 4.98 Å². The van der Waals surface area contributed by atoms with Gasteiger partial charge in [0.25, 0.3) is 0 Å². The second kappa shape index (κ2) is 5.09. The highest BCUT2D eigenvalue weighted by Gasteiger charge is 2.04. The van der Waals surface area contributed by atoms with Crippen LogP contribution < -0.4 is 5.32 Å². The van der Waals surface area contributed by atoms with Crippen LogP contribution in [0.2, 0.25) is 0 Å². The number of hydrogen-bond donors (Lipinski definition) is 1. The summed E-state index contributed by atoms with van der Waals surface area (Å²) in [4.78, 5) is 4.17. The van der Waals surface area contributed by atoms with Crippen LogP contribution in [0.5, 0.6) is 0 Å². The van der Waals surface area contributed by atoms with Crippen molar-refractivity contribution in [3.05, 3.63) is 30.1 Å². The molecule has 0 unspecified atom stereocenters. The van der Waals surface area contributed by atoms with Gasteiger partial charge >= 0.3 is 0 Å². The van der Waals surface area contributed by atoms with E-state index in [2.05, 4.69) is 34.3 Å². The maximum absolute atomic E-state index is 4.47. The van der Waals surface area contributed by atoms with Crippen molar-refractivity contribution in [2.24, 2.45) is 7.05 Å². The molecule has 0 radical (unpaired) electrons. The summed E-state index contributed by atoms with van der Waals surface area (Å²) >= 11 is 0. The number of nitrogens with one attached hydrogen (secondary N) is 1. The molecule has 0 amide bonds. The van der Waals surface area contributed by atoms with E-state index in [0.717, 1.165) is 18.1 Å². The first kappa shape index (κ1) is 11.8. The average Bonchev–Trinajstić information content (AvgIpc) is 2.87. The first-order valence-electron chi connectivity index (χ1n) is 5.73. The topological polar surface area (TPSA) is 60.6 Å². The quantitative estimate of drug-likeness (QED) is 0.821. The molecule has 0 saturated heterocycles. The average molecular weight is 234 g/mol. The smallest absolute Gasteiger partial charge is 0.148 e. The third-order valence-corrected chi connectivity index (χ3v) is 2.50. The molecule has 0 bridgehead atoms. The first-order chi connectivity index (χ1) is 8.15. The Morgan fingerprint density at radius 3 is 2.88 bits per heavy atom. The van der Waals surface area contributed by atoms with E-state index in [1.807, 2.05) is 24.0 Å². The molecular formula is C11H18N6. The van der Waals surface area contributed by atoms with Gasteiger partial charge in [0, 0.05) is 25.8 Å². The fourth-order valence-corrected chi connectivity index (χ4v) is 1.50. The number of rotatable bonds is 5. The SMILES string of the molecule is CC(C)NCc1ccn(Cc2ncnn2C)n1. The maximum atomic E-state index is 4.47. The monoisotopic (exact) mass is 234 g/mol. The summed E-state index contributed by atoms with van der Waals surface area (Å²) in [6.45, 7) is 5.69. The maximum Gasteiger partial charge on any atom is 0.148 e. The van der Waals surface area contributed by atoms with E-state index in [-0.39, 0.29) is 0 Å². The van der Waals surface area contributed by atoms with Crippen LogP contribution in [0.1, 0.15) is 25.4 Å². The summed E-state index contributed by atoms with van der Waals surface area (Å²) < 4.78 is 3.63. The van der Waals surface area contributed by atoms with Crippen molar-refractivity contribution < 1.29 is 0 Å². The Kier molecular flexibility index (Phi) is 3.53. The van der Waals surface area contributed by atoms with Crippen molar-refractivity contribution in [2.75, 3.05) is 0 Å². The highest BCUT2D eigenvalue weighted by molar-refractivity contribution is 5.00. The first-order valence-corrected chi connectivity index (χ1v) is 5.73. The number of aryl methyl sites for hydroxylation is 1. The molecule has 0 aromatic carbocycles. The van der Waals surface area contributed by atoms with E-state index < -0.39 is 0 Å². The van der Waals surface area contributed by atoms with E-state index in [4.69, 9.17) is 0 Å². The second-order valence-corrected chi connectivity index (χ2v) is 4.34. The van der Waals surface area contributed by atoms with E-state index in [0.29, 0.717) is 12.6 Å². The predicted molar refractivity (Wildman–Crippen MR) is 64.3 cm³/mol. The molecule has 0 atom stereocenters. The predicted octanol–water partition coefficient (Wildman–Crippen LogP) is 0.558. The van der Waals surface area contributed by atoms with Gasteiger partial charge in [-0.1, -0.05) is 13.8 Å². The van der Waals surface area contributed by atoms with Crippen LogP contribution >= 0.6 is 0 Å². The molecule has 0 aliphatic heterocycles. The lowest BCUT2D eigenvalue weighted by molar-refractivity contribution is 0.561. The molecule has 6 nitrogen and oxygen atoms in total. The Morgan fingerprint density at radius 1 is 1.41 bits per heavy atom. The summed E-state index contributed by atoms with van der Waals surface area (Å²) in [7, 11) is 1.88. The Bertz CT molecular complexity index is 470. The Hall–Kier alpha value is -1.69. The van der Waals surface area contributed by atoms with Crippen molar-refractivity contribution in [2.45, 2.75) is 33.0 Å². The van der Waals surface area contributed by atoms with Crippen LogP contribution in [-0.4, -0.2) is 30.6 Å². The van der Waals surface area contributed by atoms with Gasteiger partial charge in [0.05, 0.1) is 5.69 Å². The molecule has 0 aliphatic carbocycles. The van der Waals surface area contributed by atoms with Crippen LogP contribution in [0.3, 0.4) is 0 Å². The molecule has 0 spiro atoms. The molecule has 1 N–H and O–H groups in total. The summed E-state index contributed by atoms with van der Waals surface area (Å²) in [5.74, 6) is 0.900. The van der Waals surface area contributed by atoms with Crippen LogP contribution in [0.15, 0.2) is 18.6 Å². The largest absolute Gasteiger partial charge is 0.309 e. The highest BCUT2D eigenvalue weighted by atomic mass is 15.4. The van der Waals surface area contributed by atoms with Gasteiger partial charge in [-0.15, -0.1) is 0 Å². The van der Waals surface area contributed by atoms with E-state index in [1.54, 1.807) is 11.0 Å². The molecule has 0 fully saturated rings. The summed E-state index contributed by atoms with van der Waals surface area (Å²) in [5, 5.41) is 11.8. The number of nitrogens with zero attached hydrogens (tertiary/aromatic N) is 5. The van der Waals surface area contributed by atoms with Gasteiger partial charge in [0.15, 0.2) is 0 Å². The van der Waals surface area contributed by atoms with Crippen molar-refractivity contribution in [3.63, 3.8) is 0 Å². The highest BCUT2D eigenvalue weighted by Crippen LogP contribution is 2.00. The second-order valence-electron chi connectivity index (χ2n) is 4.34. The van der Waals surface area contributed by atoms with Crippen LogP contribution in [-0.2, 0) is 20.1 Å². The molecule has 92 valence electrons. The zero-order chi connectivity index (χ0) is 12.3. The van der Waals surface area contributed by atoms with Crippen LogP contribution in [0.4, 0.5) is 0 Å². The van der Waals surface area contributed by atoms with Crippen molar-refractivity contribution >= 4 is 0 Å². The molecule has 2 aromatic rings. The van der Waals surface area contributed by atoms with Gasteiger partial charge in [0.1, 0.15) is 18.7 Å². The lowest BCUT2D eigenvalue weighted by Crippen LogP contribution is -2.22. The van der Waals surface area contributed by atoms with Gasteiger partial charge in [-0.05, 0) is 6.07 Å². The fourth-order valence-electron chi connectivity index (χ4n) is 1.50. The van der Waals surface area contributed by atoms with E-state index in [1.165, 1.54) is 0 Å². The molecule has 2 heterocycles. The van der Waals surface area contributed by atoms with Gasteiger partial charge in [0.2, 0.25) is 0 Å². The third kappa shape index (κ3) is 3.13.